The van der Waals surface area contributed by atoms with Gasteiger partial charge in [0.2, 0.25) is 0 Å². The number of nitrogens with one attached hydrogen (secondary N) is 2. The normalized spacial score (nSPS) is 10.6. The maximum Gasteiger partial charge on any atom is 0.255 e. The Labute approximate surface area is 131 Å². The van der Waals surface area contributed by atoms with Gasteiger partial charge in [0, 0.05) is 38.9 Å². The summed E-state index contributed by atoms with van der Waals surface area (Å²) in [7, 11) is 0. The van der Waals surface area contributed by atoms with Gasteiger partial charge in [-0.1, -0.05) is 11.6 Å². The number of aromatic amines is 1. The Morgan fingerprint density at radius 2 is 1.82 bits per heavy atom. The van der Waals surface area contributed by atoms with Gasteiger partial charge in [-0.15, -0.1) is 0 Å². The second kappa shape index (κ2) is 5.66. The van der Waals surface area contributed by atoms with Crippen molar-refractivity contribution in [3.8, 4) is 0 Å². The highest BCUT2D eigenvalue weighted by atomic mass is 35.5. The van der Waals surface area contributed by atoms with Crippen molar-refractivity contribution in [2.45, 2.75) is 6.92 Å². The van der Waals surface area contributed by atoms with Crippen molar-refractivity contribution < 1.29 is 4.79 Å². The summed E-state index contributed by atoms with van der Waals surface area (Å²) in [6.45, 7) is 1.82. The van der Waals surface area contributed by atoms with Crippen molar-refractivity contribution in [3.05, 3.63) is 75.0 Å². The number of fused-ring (bicyclic) bond motifs is 1. The zero-order valence-electron chi connectivity index (χ0n) is 11.8. The molecule has 0 fully saturated rings. The molecule has 0 atom stereocenters. The average Bonchev–Trinajstić information content (AvgIpc) is 2.49. The summed E-state index contributed by atoms with van der Waals surface area (Å²) in [5, 5.41) is 3.87. The number of aromatic nitrogens is 1. The minimum Gasteiger partial charge on any atom is -0.358 e. The summed E-state index contributed by atoms with van der Waals surface area (Å²) in [6, 6.07) is 13.4. The first-order valence-corrected chi connectivity index (χ1v) is 7.11. The summed E-state index contributed by atoms with van der Waals surface area (Å²) in [5.74, 6) is -0.274. The van der Waals surface area contributed by atoms with E-state index in [1.807, 2.05) is 6.92 Å². The molecule has 1 heterocycles. The molecule has 0 aliphatic heterocycles. The van der Waals surface area contributed by atoms with Gasteiger partial charge < -0.3 is 10.3 Å². The molecule has 0 saturated heterocycles. The van der Waals surface area contributed by atoms with Gasteiger partial charge in [0.1, 0.15) is 0 Å². The summed E-state index contributed by atoms with van der Waals surface area (Å²) in [6.07, 6.45) is 0. The molecule has 5 heteroatoms. The zero-order valence-corrected chi connectivity index (χ0v) is 12.6. The van der Waals surface area contributed by atoms with E-state index in [2.05, 4.69) is 10.3 Å². The van der Waals surface area contributed by atoms with Crippen LogP contribution >= 0.6 is 11.6 Å². The van der Waals surface area contributed by atoms with E-state index in [0.29, 0.717) is 27.2 Å². The monoisotopic (exact) mass is 312 g/mol. The summed E-state index contributed by atoms with van der Waals surface area (Å²) >= 11 is 5.81. The molecule has 0 unspecified atom stereocenters. The number of amides is 1. The van der Waals surface area contributed by atoms with E-state index in [0.717, 1.165) is 5.69 Å². The second-order valence-electron chi connectivity index (χ2n) is 5.04. The number of carbonyl (C=O) groups is 1. The van der Waals surface area contributed by atoms with Crippen LogP contribution in [0.2, 0.25) is 5.02 Å². The number of rotatable bonds is 2. The van der Waals surface area contributed by atoms with Crippen molar-refractivity contribution in [1.82, 2.24) is 4.98 Å². The predicted octanol–water partition coefficient (Wildman–Crippen LogP) is 3.74. The molecule has 22 heavy (non-hydrogen) atoms. The molecule has 0 bridgehead atoms. The molecule has 4 nitrogen and oxygen atoms in total. The van der Waals surface area contributed by atoms with Gasteiger partial charge in [-0.2, -0.15) is 0 Å². The third kappa shape index (κ3) is 2.87. The second-order valence-corrected chi connectivity index (χ2v) is 5.47. The summed E-state index contributed by atoms with van der Waals surface area (Å²) < 4.78 is 0. The topological polar surface area (TPSA) is 62.0 Å². The van der Waals surface area contributed by atoms with Gasteiger partial charge in [-0.05, 0) is 49.4 Å². The molecule has 3 aromatic rings. The first-order valence-electron chi connectivity index (χ1n) is 6.73. The van der Waals surface area contributed by atoms with Gasteiger partial charge in [0.15, 0.2) is 5.43 Å². The molecule has 0 spiro atoms. The fourth-order valence-corrected chi connectivity index (χ4v) is 2.38. The minimum absolute atomic E-state index is 0.104. The molecule has 1 aromatic heterocycles. The molecular weight excluding hydrogens is 300 g/mol. The fourth-order valence-electron chi connectivity index (χ4n) is 2.26. The van der Waals surface area contributed by atoms with Crippen LogP contribution in [0.1, 0.15) is 16.1 Å². The van der Waals surface area contributed by atoms with E-state index < -0.39 is 0 Å². The Morgan fingerprint density at radius 1 is 1.09 bits per heavy atom. The summed E-state index contributed by atoms with van der Waals surface area (Å²) in [5.41, 5.74) is 2.47. The quantitative estimate of drug-likeness (QED) is 0.757. The number of halogens is 1. The minimum atomic E-state index is -0.274. The lowest BCUT2D eigenvalue weighted by molar-refractivity contribution is 0.102. The van der Waals surface area contributed by atoms with Crippen LogP contribution in [0, 0.1) is 6.92 Å². The van der Waals surface area contributed by atoms with E-state index in [1.54, 1.807) is 42.5 Å². The smallest absolute Gasteiger partial charge is 0.255 e. The lowest BCUT2D eigenvalue weighted by Crippen LogP contribution is -2.13. The highest BCUT2D eigenvalue weighted by Crippen LogP contribution is 2.16. The number of anilines is 1. The first-order chi connectivity index (χ1) is 10.5. The Balaban J connectivity index is 1.94. The molecule has 0 saturated carbocycles. The molecule has 0 aliphatic rings. The molecular formula is C17H13ClN2O2. The van der Waals surface area contributed by atoms with Crippen LogP contribution in [0.4, 0.5) is 5.69 Å². The fraction of sp³-hybridized carbons (Fsp3) is 0.0588. The first kappa shape index (κ1) is 14.4. The third-order valence-corrected chi connectivity index (χ3v) is 3.58. The van der Waals surface area contributed by atoms with Crippen molar-refractivity contribution in [2.75, 3.05) is 5.32 Å². The Bertz CT molecular complexity index is 914. The number of carbonyl (C=O) groups excluding carboxylic acids is 1. The Morgan fingerprint density at radius 3 is 2.55 bits per heavy atom. The van der Waals surface area contributed by atoms with Gasteiger partial charge in [-0.25, -0.2) is 0 Å². The molecule has 2 N–H and O–H groups in total. The lowest BCUT2D eigenvalue weighted by atomic mass is 10.1. The number of hydrogen-bond acceptors (Lipinski definition) is 2. The van der Waals surface area contributed by atoms with E-state index >= 15 is 0 Å². The van der Waals surface area contributed by atoms with Crippen LogP contribution in [-0.4, -0.2) is 10.9 Å². The number of benzene rings is 2. The number of pyridine rings is 1. The van der Waals surface area contributed by atoms with E-state index in [1.165, 1.54) is 6.07 Å². The van der Waals surface area contributed by atoms with Crippen LogP contribution in [-0.2, 0) is 0 Å². The van der Waals surface area contributed by atoms with Gasteiger partial charge in [0.05, 0.1) is 0 Å². The summed E-state index contributed by atoms with van der Waals surface area (Å²) in [4.78, 5) is 27.4. The van der Waals surface area contributed by atoms with Crippen molar-refractivity contribution in [1.29, 1.82) is 0 Å². The standard InChI is InChI=1S/C17H13ClN2O2/c1-10-8-16(21)14-9-11(2-7-15(14)19-10)17(22)20-13-5-3-12(18)4-6-13/h2-9H,1H3,(H,19,21)(H,20,22). The molecule has 0 aliphatic carbocycles. The van der Waals surface area contributed by atoms with Gasteiger partial charge in [0.25, 0.3) is 5.91 Å². The zero-order chi connectivity index (χ0) is 15.7. The SMILES string of the molecule is Cc1cc(=O)c2cc(C(=O)Nc3ccc(Cl)cc3)ccc2[nH]1. The third-order valence-electron chi connectivity index (χ3n) is 3.33. The molecule has 110 valence electrons. The van der Waals surface area contributed by atoms with Crippen LogP contribution in [0.5, 0.6) is 0 Å². The van der Waals surface area contributed by atoms with Crippen LogP contribution in [0.15, 0.2) is 53.3 Å². The van der Waals surface area contributed by atoms with Gasteiger partial charge >= 0.3 is 0 Å². The highest BCUT2D eigenvalue weighted by Gasteiger charge is 2.09. The highest BCUT2D eigenvalue weighted by molar-refractivity contribution is 6.30. The van der Waals surface area contributed by atoms with Crippen molar-refractivity contribution in [3.63, 3.8) is 0 Å². The molecule has 2 aromatic carbocycles. The van der Waals surface area contributed by atoms with E-state index in [4.69, 9.17) is 11.6 Å². The number of aryl methyl sites for hydroxylation is 1. The van der Waals surface area contributed by atoms with Crippen molar-refractivity contribution >= 4 is 34.1 Å². The van der Waals surface area contributed by atoms with E-state index in [-0.39, 0.29) is 11.3 Å². The predicted molar refractivity (Wildman–Crippen MR) is 88.7 cm³/mol. The van der Waals surface area contributed by atoms with E-state index in [9.17, 15) is 9.59 Å². The lowest BCUT2D eigenvalue weighted by Gasteiger charge is -2.07. The maximum absolute atomic E-state index is 12.3. The van der Waals surface area contributed by atoms with Crippen LogP contribution in [0.25, 0.3) is 10.9 Å². The maximum atomic E-state index is 12.3. The Kier molecular flexibility index (Phi) is 3.69. The van der Waals surface area contributed by atoms with Gasteiger partial charge in [-0.3, -0.25) is 9.59 Å². The molecule has 3 rings (SSSR count). The number of hydrogen-bond donors (Lipinski definition) is 2. The largest absolute Gasteiger partial charge is 0.358 e. The Hall–Kier alpha value is -2.59. The molecule has 0 radical (unpaired) electrons. The average molecular weight is 313 g/mol. The van der Waals surface area contributed by atoms with Crippen LogP contribution < -0.4 is 10.7 Å². The number of H-pyrrole nitrogens is 1. The molecule has 1 amide bonds. The van der Waals surface area contributed by atoms with Crippen LogP contribution in [0.3, 0.4) is 0 Å². The van der Waals surface area contributed by atoms with Crippen molar-refractivity contribution in [2.24, 2.45) is 0 Å².